The van der Waals surface area contributed by atoms with Crippen LogP contribution in [-0.4, -0.2) is 16.7 Å². The Labute approximate surface area is 69.4 Å². The number of aliphatic hydroxyl groups excluding tert-OH is 1. The number of rotatable bonds is 0. The maximum Gasteiger partial charge on any atom is 0.311 e. The van der Waals surface area contributed by atoms with Crippen LogP contribution >= 0.6 is 0 Å². The van der Waals surface area contributed by atoms with E-state index >= 15 is 0 Å². The van der Waals surface area contributed by atoms with Gasteiger partial charge in [0.25, 0.3) is 0 Å². The first kappa shape index (κ1) is 7.03. The van der Waals surface area contributed by atoms with Crippen molar-refractivity contribution < 1.29 is 9.90 Å². The number of dihydropyridines is 1. The Kier molecular flexibility index (Phi) is 1.43. The fourth-order valence-electron chi connectivity index (χ4n) is 1.22. The molecule has 3 heteroatoms. The van der Waals surface area contributed by atoms with Crippen LogP contribution in [-0.2, 0) is 4.79 Å². The number of hydrogen-bond donors (Lipinski definition) is 1. The van der Waals surface area contributed by atoms with Gasteiger partial charge in [0.15, 0.2) is 5.76 Å². The van der Waals surface area contributed by atoms with E-state index in [0.29, 0.717) is 5.71 Å². The van der Waals surface area contributed by atoms with Crippen molar-refractivity contribution >= 4 is 11.6 Å². The van der Waals surface area contributed by atoms with Crippen LogP contribution in [0.4, 0.5) is 0 Å². The van der Waals surface area contributed by atoms with Crippen molar-refractivity contribution in [3.05, 3.63) is 36.1 Å². The molecule has 0 saturated carbocycles. The third-order valence-corrected chi connectivity index (χ3v) is 1.83. The first-order valence-electron chi connectivity index (χ1n) is 3.66. The van der Waals surface area contributed by atoms with Gasteiger partial charge in [0.2, 0.25) is 0 Å². The van der Waals surface area contributed by atoms with Gasteiger partial charge in [0, 0.05) is 5.92 Å². The molecular formula is C9H7NO2. The van der Waals surface area contributed by atoms with Gasteiger partial charge >= 0.3 is 5.91 Å². The van der Waals surface area contributed by atoms with Gasteiger partial charge in [-0.2, -0.15) is 0 Å². The molecule has 2 aliphatic rings. The highest BCUT2D eigenvalue weighted by Gasteiger charge is 2.20. The van der Waals surface area contributed by atoms with Crippen LogP contribution in [0.3, 0.4) is 0 Å². The fraction of sp³-hybridized carbons (Fsp3) is 0.111. The highest BCUT2D eigenvalue weighted by atomic mass is 16.3. The molecule has 1 aliphatic heterocycles. The van der Waals surface area contributed by atoms with Crippen LogP contribution in [0.15, 0.2) is 41.1 Å². The molecule has 1 amide bonds. The minimum atomic E-state index is -0.554. The van der Waals surface area contributed by atoms with Gasteiger partial charge in [-0.15, -0.1) is 0 Å². The van der Waals surface area contributed by atoms with E-state index in [2.05, 4.69) is 4.99 Å². The van der Waals surface area contributed by atoms with Gasteiger partial charge in [-0.05, 0) is 12.2 Å². The molecule has 0 spiro atoms. The van der Waals surface area contributed by atoms with E-state index in [1.165, 1.54) is 6.08 Å². The third-order valence-electron chi connectivity index (χ3n) is 1.83. The van der Waals surface area contributed by atoms with Gasteiger partial charge in [-0.1, -0.05) is 18.2 Å². The zero-order valence-electron chi connectivity index (χ0n) is 6.27. The maximum absolute atomic E-state index is 10.9. The number of hydrogen-bond acceptors (Lipinski definition) is 2. The lowest BCUT2D eigenvalue weighted by atomic mass is 9.95. The highest BCUT2D eigenvalue weighted by Crippen LogP contribution is 2.17. The van der Waals surface area contributed by atoms with Crippen molar-refractivity contribution in [3.63, 3.8) is 0 Å². The molecule has 0 aromatic carbocycles. The Morgan fingerprint density at radius 1 is 1.42 bits per heavy atom. The molecule has 1 unspecified atom stereocenters. The van der Waals surface area contributed by atoms with Crippen LogP contribution < -0.4 is 0 Å². The summed E-state index contributed by atoms with van der Waals surface area (Å²) in [7, 11) is 0. The summed E-state index contributed by atoms with van der Waals surface area (Å²) in [5, 5.41) is 9.06. The molecule has 12 heavy (non-hydrogen) atoms. The normalized spacial score (nSPS) is 26.3. The molecule has 1 aliphatic carbocycles. The standard InChI is InChI=1S/C9H7NO2/c11-8-5-6-3-1-2-4-7(6)10-9(8)12/h1-6,11H. The van der Waals surface area contributed by atoms with Crippen molar-refractivity contribution in [1.29, 1.82) is 0 Å². The van der Waals surface area contributed by atoms with Gasteiger partial charge < -0.3 is 5.11 Å². The number of fused-ring (bicyclic) bond motifs is 1. The summed E-state index contributed by atoms with van der Waals surface area (Å²) in [4.78, 5) is 14.6. The van der Waals surface area contributed by atoms with E-state index in [1.807, 2.05) is 18.2 Å². The van der Waals surface area contributed by atoms with Crippen LogP contribution in [0.5, 0.6) is 0 Å². The van der Waals surface area contributed by atoms with Crippen molar-refractivity contribution in [2.75, 3.05) is 0 Å². The number of amides is 1. The third kappa shape index (κ3) is 0.993. The molecular weight excluding hydrogens is 154 g/mol. The van der Waals surface area contributed by atoms with E-state index in [9.17, 15) is 4.79 Å². The second kappa shape index (κ2) is 2.44. The van der Waals surface area contributed by atoms with E-state index in [4.69, 9.17) is 5.11 Å². The number of nitrogens with zero attached hydrogens (tertiary/aromatic N) is 1. The average Bonchev–Trinajstić information content (AvgIpc) is 2.07. The summed E-state index contributed by atoms with van der Waals surface area (Å²) < 4.78 is 0. The summed E-state index contributed by atoms with van der Waals surface area (Å²) in [6.07, 6.45) is 8.83. The number of allylic oxidation sites excluding steroid dienone is 5. The molecule has 0 saturated heterocycles. The van der Waals surface area contributed by atoms with Crippen LogP contribution in [0.25, 0.3) is 0 Å². The summed E-state index contributed by atoms with van der Waals surface area (Å²) in [6.45, 7) is 0. The van der Waals surface area contributed by atoms with E-state index < -0.39 is 5.91 Å². The zero-order valence-corrected chi connectivity index (χ0v) is 6.27. The van der Waals surface area contributed by atoms with Crippen molar-refractivity contribution in [3.8, 4) is 0 Å². The molecule has 3 nitrogen and oxygen atoms in total. The lowest BCUT2D eigenvalue weighted by molar-refractivity contribution is -0.116. The second-order valence-electron chi connectivity index (χ2n) is 2.66. The first-order chi connectivity index (χ1) is 5.77. The lowest BCUT2D eigenvalue weighted by Crippen LogP contribution is -2.19. The minimum absolute atomic E-state index is 0.0345. The quantitative estimate of drug-likeness (QED) is 0.579. The molecule has 1 heterocycles. The van der Waals surface area contributed by atoms with Crippen molar-refractivity contribution in [1.82, 2.24) is 0 Å². The van der Waals surface area contributed by atoms with E-state index in [0.717, 1.165) is 0 Å². The topological polar surface area (TPSA) is 49.7 Å². The number of aliphatic imine (C=N–C) groups is 1. The van der Waals surface area contributed by atoms with Crippen LogP contribution in [0.1, 0.15) is 0 Å². The Hall–Kier alpha value is -1.64. The van der Waals surface area contributed by atoms with Crippen molar-refractivity contribution in [2.45, 2.75) is 0 Å². The Bertz CT molecular complexity index is 348. The average molecular weight is 161 g/mol. The molecule has 60 valence electrons. The predicted octanol–water partition coefficient (Wildman–Crippen LogP) is 1.15. The summed E-state index contributed by atoms with van der Waals surface area (Å²) >= 11 is 0. The van der Waals surface area contributed by atoms with Crippen LogP contribution in [0.2, 0.25) is 0 Å². The molecule has 1 atom stereocenters. The summed E-state index contributed by atoms with van der Waals surface area (Å²) in [5.74, 6) is -0.849. The maximum atomic E-state index is 10.9. The number of aliphatic hydroxyl groups is 1. The van der Waals surface area contributed by atoms with Gasteiger partial charge in [0.1, 0.15) is 0 Å². The zero-order chi connectivity index (χ0) is 8.55. The molecule has 0 radical (unpaired) electrons. The number of carbonyl (C=O) groups excluding carboxylic acids is 1. The highest BCUT2D eigenvalue weighted by molar-refractivity contribution is 6.12. The molecule has 0 aromatic rings. The second-order valence-corrected chi connectivity index (χ2v) is 2.66. The smallest absolute Gasteiger partial charge is 0.311 e. The number of carbonyl (C=O) groups is 1. The van der Waals surface area contributed by atoms with Gasteiger partial charge in [-0.3, -0.25) is 4.79 Å². The summed E-state index contributed by atoms with van der Waals surface area (Å²) in [6, 6.07) is 0. The van der Waals surface area contributed by atoms with E-state index in [1.54, 1.807) is 6.08 Å². The Morgan fingerprint density at radius 2 is 2.25 bits per heavy atom. The first-order valence-corrected chi connectivity index (χ1v) is 3.66. The van der Waals surface area contributed by atoms with Crippen LogP contribution in [0, 0.1) is 5.92 Å². The molecule has 0 aromatic heterocycles. The largest absolute Gasteiger partial charge is 0.503 e. The molecule has 0 bridgehead atoms. The van der Waals surface area contributed by atoms with Crippen molar-refractivity contribution in [2.24, 2.45) is 10.9 Å². The SMILES string of the molecule is O=C1N=C2C=CC=CC2C=C1O. The fourth-order valence-corrected chi connectivity index (χ4v) is 1.22. The Balaban J connectivity index is 2.41. The summed E-state index contributed by atoms with van der Waals surface area (Å²) in [5.41, 5.74) is 0.695. The predicted molar refractivity (Wildman–Crippen MR) is 44.9 cm³/mol. The van der Waals surface area contributed by atoms with Gasteiger partial charge in [0.05, 0.1) is 5.71 Å². The van der Waals surface area contributed by atoms with Gasteiger partial charge in [-0.25, -0.2) is 4.99 Å². The molecule has 0 fully saturated rings. The monoisotopic (exact) mass is 161 g/mol. The molecule has 1 N–H and O–H groups in total. The lowest BCUT2D eigenvalue weighted by Gasteiger charge is -2.15. The van der Waals surface area contributed by atoms with E-state index in [-0.39, 0.29) is 11.7 Å². The minimum Gasteiger partial charge on any atom is -0.503 e. The molecule has 2 rings (SSSR count). The Morgan fingerprint density at radius 3 is 3.08 bits per heavy atom.